The molecule has 1 aromatic rings. The number of benzene rings is 1. The fourth-order valence-electron chi connectivity index (χ4n) is 0.764. The van der Waals surface area contributed by atoms with Gasteiger partial charge in [0.25, 0.3) is 0 Å². The molecule has 0 radical (unpaired) electrons. The summed E-state index contributed by atoms with van der Waals surface area (Å²) in [5.74, 6) is 0.738. The zero-order valence-corrected chi connectivity index (χ0v) is 8.69. The van der Waals surface area contributed by atoms with E-state index >= 15 is 0 Å². The second kappa shape index (κ2) is 7.27. The standard InChI is InChI=1S/C9H9N2O.BF4/c1-2-7-12-9-5-3-8(11-10)4-6-9;2-1(3,4)5/h2-6H,1,7H2;/q+1;-1. The zero-order valence-electron chi connectivity index (χ0n) is 8.69. The van der Waals surface area contributed by atoms with E-state index in [1.165, 1.54) is 0 Å². The van der Waals surface area contributed by atoms with Crippen LogP contribution in [0.1, 0.15) is 0 Å². The number of halogens is 4. The van der Waals surface area contributed by atoms with E-state index in [0.717, 1.165) is 5.75 Å². The summed E-state index contributed by atoms with van der Waals surface area (Å²) in [6, 6.07) is 6.80. The predicted molar refractivity (Wildman–Crippen MR) is 57.1 cm³/mol. The largest absolute Gasteiger partial charge is 0.673 e. The average Bonchev–Trinajstić information content (AvgIpc) is 2.25. The highest BCUT2D eigenvalue weighted by Crippen LogP contribution is 2.17. The van der Waals surface area contributed by atoms with E-state index in [0.29, 0.717) is 12.3 Å². The lowest BCUT2D eigenvalue weighted by Crippen LogP contribution is -2.02. The van der Waals surface area contributed by atoms with E-state index < -0.39 is 7.25 Å². The number of diazo groups is 1. The third-order valence-electron chi connectivity index (χ3n) is 1.32. The van der Waals surface area contributed by atoms with Crippen LogP contribution in [0.4, 0.5) is 23.0 Å². The monoisotopic (exact) mass is 248 g/mol. The maximum Gasteiger partial charge on any atom is 0.673 e. The Hall–Kier alpha value is -2.04. The first-order valence-electron chi connectivity index (χ1n) is 4.43. The van der Waals surface area contributed by atoms with Crippen LogP contribution in [0.5, 0.6) is 5.75 Å². The maximum atomic E-state index is 9.75. The highest BCUT2D eigenvalue weighted by molar-refractivity contribution is 6.50. The van der Waals surface area contributed by atoms with E-state index in [-0.39, 0.29) is 0 Å². The number of ether oxygens (including phenoxy) is 1. The van der Waals surface area contributed by atoms with Gasteiger partial charge in [-0.2, -0.15) is 0 Å². The van der Waals surface area contributed by atoms with Crippen LogP contribution in [0.3, 0.4) is 0 Å². The lowest BCUT2D eigenvalue weighted by atomic mass is 10.3. The van der Waals surface area contributed by atoms with Gasteiger partial charge in [0, 0.05) is 12.1 Å². The summed E-state index contributed by atoms with van der Waals surface area (Å²) in [6.07, 6.45) is 1.67. The van der Waals surface area contributed by atoms with E-state index in [4.69, 9.17) is 10.1 Å². The lowest BCUT2D eigenvalue weighted by molar-refractivity contribution is 0.363. The van der Waals surface area contributed by atoms with Crippen molar-refractivity contribution in [1.82, 2.24) is 0 Å². The highest BCUT2D eigenvalue weighted by Gasteiger charge is 2.20. The van der Waals surface area contributed by atoms with Gasteiger partial charge < -0.3 is 22.0 Å². The lowest BCUT2D eigenvalue weighted by Gasteiger charge is -1.99. The van der Waals surface area contributed by atoms with Gasteiger partial charge in [-0.1, -0.05) is 12.7 Å². The van der Waals surface area contributed by atoms with Gasteiger partial charge in [0.2, 0.25) is 5.39 Å². The first kappa shape index (κ1) is 15.0. The Labute approximate surface area is 95.4 Å². The Morgan fingerprint density at radius 1 is 1.24 bits per heavy atom. The van der Waals surface area contributed by atoms with Gasteiger partial charge in [-0.3, -0.25) is 0 Å². The van der Waals surface area contributed by atoms with Crippen LogP contribution in [0.2, 0.25) is 0 Å². The van der Waals surface area contributed by atoms with E-state index in [9.17, 15) is 17.3 Å². The smallest absolute Gasteiger partial charge is 0.490 e. The van der Waals surface area contributed by atoms with Gasteiger partial charge >= 0.3 is 12.9 Å². The van der Waals surface area contributed by atoms with Crippen molar-refractivity contribution in [2.75, 3.05) is 6.61 Å². The third-order valence-corrected chi connectivity index (χ3v) is 1.32. The van der Waals surface area contributed by atoms with Crippen LogP contribution in [0.15, 0.2) is 36.9 Å². The van der Waals surface area contributed by atoms with Crippen LogP contribution in [0.25, 0.3) is 4.98 Å². The van der Waals surface area contributed by atoms with Crippen LogP contribution < -0.4 is 4.74 Å². The minimum absolute atomic E-state index is 0.482. The Bertz CT molecular complexity index is 379. The molecule has 0 heterocycles. The van der Waals surface area contributed by atoms with Crippen molar-refractivity contribution in [3.63, 3.8) is 0 Å². The minimum atomic E-state index is -6.00. The quantitative estimate of drug-likeness (QED) is 0.350. The van der Waals surface area contributed by atoms with Crippen molar-refractivity contribution in [3.8, 4) is 5.75 Å². The summed E-state index contributed by atoms with van der Waals surface area (Å²) < 4.78 is 44.2. The molecule has 0 unspecified atom stereocenters. The van der Waals surface area contributed by atoms with Gasteiger partial charge in [0.1, 0.15) is 12.4 Å². The molecular weight excluding hydrogens is 239 g/mol. The molecular formula is C9H9BF4N2O. The molecule has 0 aliphatic carbocycles. The molecule has 1 aromatic carbocycles. The molecule has 0 saturated carbocycles. The fraction of sp³-hybridized carbons (Fsp3) is 0.111. The van der Waals surface area contributed by atoms with Crippen molar-refractivity contribution in [2.45, 2.75) is 0 Å². The molecule has 0 N–H and O–H groups in total. The molecule has 17 heavy (non-hydrogen) atoms. The van der Waals surface area contributed by atoms with Crippen molar-refractivity contribution in [1.29, 1.82) is 5.39 Å². The molecule has 0 aliphatic heterocycles. The normalized spacial score (nSPS) is 9.59. The second-order valence-electron chi connectivity index (χ2n) is 2.69. The Morgan fingerprint density at radius 2 is 1.71 bits per heavy atom. The molecule has 0 aliphatic rings. The number of rotatable bonds is 3. The molecule has 0 aromatic heterocycles. The average molecular weight is 248 g/mol. The van der Waals surface area contributed by atoms with Gasteiger partial charge in [-0.15, -0.1) is 0 Å². The fourth-order valence-corrected chi connectivity index (χ4v) is 0.764. The third kappa shape index (κ3) is 10.3. The zero-order chi connectivity index (χ0) is 13.3. The van der Waals surface area contributed by atoms with Crippen molar-refractivity contribution in [3.05, 3.63) is 41.9 Å². The molecule has 0 spiro atoms. The number of nitrogens with zero attached hydrogens (tertiary/aromatic N) is 2. The molecule has 0 atom stereocenters. The first-order chi connectivity index (χ1) is 7.86. The molecule has 0 saturated heterocycles. The summed E-state index contributed by atoms with van der Waals surface area (Å²) in [5, 5.41) is 8.37. The molecule has 0 amide bonds. The van der Waals surface area contributed by atoms with Crippen LogP contribution >= 0.6 is 0 Å². The number of hydrogen-bond donors (Lipinski definition) is 0. The molecule has 1 rings (SSSR count). The second-order valence-corrected chi connectivity index (χ2v) is 2.69. The first-order valence-corrected chi connectivity index (χ1v) is 4.43. The molecule has 0 fully saturated rings. The Balaban J connectivity index is 0.000000437. The summed E-state index contributed by atoms with van der Waals surface area (Å²) >= 11 is 0. The number of hydrogen-bond acceptors (Lipinski definition) is 2. The van der Waals surface area contributed by atoms with Crippen molar-refractivity contribution >= 4 is 12.9 Å². The molecule has 8 heteroatoms. The molecule has 0 bridgehead atoms. The molecule has 3 nitrogen and oxygen atoms in total. The van der Waals surface area contributed by atoms with Crippen LogP contribution in [0, 0.1) is 5.39 Å². The SMILES string of the molecule is C=CCOc1ccc([N+]#N)cc1.F[B-](F)(F)F. The predicted octanol–water partition coefficient (Wildman–Crippen LogP) is 4.04. The van der Waals surface area contributed by atoms with Gasteiger partial charge in [0.15, 0.2) is 4.98 Å². The van der Waals surface area contributed by atoms with Crippen molar-refractivity contribution < 1.29 is 22.0 Å². The van der Waals surface area contributed by atoms with E-state index in [1.54, 1.807) is 30.3 Å². The minimum Gasteiger partial charge on any atom is -0.490 e. The molecule has 92 valence electrons. The summed E-state index contributed by atoms with van der Waals surface area (Å²) in [5.41, 5.74) is 0.515. The summed E-state index contributed by atoms with van der Waals surface area (Å²) in [6.45, 7) is 4.01. The van der Waals surface area contributed by atoms with E-state index in [1.807, 2.05) is 0 Å². The van der Waals surface area contributed by atoms with Crippen molar-refractivity contribution in [2.24, 2.45) is 0 Å². The Morgan fingerprint density at radius 3 is 2.06 bits per heavy atom. The van der Waals surface area contributed by atoms with Crippen LogP contribution in [-0.4, -0.2) is 13.9 Å². The van der Waals surface area contributed by atoms with Crippen LogP contribution in [-0.2, 0) is 0 Å². The highest BCUT2D eigenvalue weighted by atomic mass is 19.5. The van der Waals surface area contributed by atoms with Gasteiger partial charge in [0.05, 0.1) is 0 Å². The topological polar surface area (TPSA) is 37.4 Å². The summed E-state index contributed by atoms with van der Waals surface area (Å²) in [7, 11) is -6.00. The maximum absolute atomic E-state index is 9.75. The summed E-state index contributed by atoms with van der Waals surface area (Å²) in [4.78, 5) is 3.02. The van der Waals surface area contributed by atoms with Gasteiger partial charge in [-0.05, 0) is 12.1 Å². The van der Waals surface area contributed by atoms with Gasteiger partial charge in [-0.25, -0.2) is 0 Å². The Kier molecular flexibility index (Phi) is 6.40. The van der Waals surface area contributed by atoms with E-state index in [2.05, 4.69) is 11.6 Å².